The van der Waals surface area contributed by atoms with Crippen molar-refractivity contribution in [1.82, 2.24) is 21.7 Å². The Morgan fingerprint density at radius 2 is 0.744 bits per heavy atom. The number of benzene rings is 8. The number of methoxy groups -OCH3 is 1. The lowest BCUT2D eigenvalue weighted by atomic mass is 10.1. The zero-order valence-corrected chi connectivity index (χ0v) is 45.7. The maximum Gasteiger partial charge on any atom is 0.271 e. The molecule has 8 N–H and O–H groups in total. The number of rotatable bonds is 14. The summed E-state index contributed by atoms with van der Waals surface area (Å²) >= 11 is 0. The molecule has 8 aromatic rings. The second kappa shape index (κ2) is 32.8. The largest absolute Gasteiger partial charge is 0.508 e. The summed E-state index contributed by atoms with van der Waals surface area (Å²) in [7, 11) is 5.50. The summed E-state index contributed by atoms with van der Waals surface area (Å²) in [5.74, 6) is -0.468. The summed E-state index contributed by atoms with van der Waals surface area (Å²) in [5.41, 5.74) is 19.8. The normalized spacial score (nSPS) is 10.5. The van der Waals surface area contributed by atoms with E-state index in [1.165, 1.54) is 50.0 Å². The van der Waals surface area contributed by atoms with E-state index >= 15 is 0 Å². The first-order chi connectivity index (χ1) is 38.9. The van der Waals surface area contributed by atoms with E-state index in [0.717, 1.165) is 39.1 Å². The third-order valence-electron chi connectivity index (χ3n) is 11.2. The summed E-state index contributed by atoms with van der Waals surface area (Å²) < 4.78 is 4.99. The number of nitrogens with one attached hydrogen (secondary N) is 4. The van der Waals surface area contributed by atoms with E-state index in [2.05, 4.69) is 42.1 Å². The number of aromatic hydroxyl groups is 4. The second-order valence-electron chi connectivity index (χ2n) is 18.0. The van der Waals surface area contributed by atoms with Gasteiger partial charge in [-0.15, -0.1) is 0 Å². The van der Waals surface area contributed by atoms with Gasteiger partial charge in [-0.1, -0.05) is 90.3 Å². The number of hydrogen-bond donors (Lipinski definition) is 8. The second-order valence-corrected chi connectivity index (χ2v) is 18.0. The summed E-state index contributed by atoms with van der Waals surface area (Å²) in [6.45, 7) is 7.69. The fourth-order valence-electron chi connectivity index (χ4n) is 6.87. The molecule has 0 saturated carbocycles. The topological polar surface area (TPSA) is 259 Å². The molecule has 18 nitrogen and oxygen atoms in total. The summed E-state index contributed by atoms with van der Waals surface area (Å²) in [4.78, 5) is 49.4. The lowest BCUT2D eigenvalue weighted by Gasteiger charge is -2.11. The molecule has 0 atom stereocenters. The summed E-state index contributed by atoms with van der Waals surface area (Å²) in [5, 5.41) is 53.1. The lowest BCUT2D eigenvalue weighted by Crippen LogP contribution is -2.17. The summed E-state index contributed by atoms with van der Waals surface area (Å²) in [6.07, 6.45) is 5.84. The van der Waals surface area contributed by atoms with Crippen LogP contribution in [-0.4, -0.2) is 90.1 Å². The van der Waals surface area contributed by atoms with E-state index in [1.54, 1.807) is 91.1 Å². The summed E-state index contributed by atoms with van der Waals surface area (Å²) in [6, 6.07) is 52.4. The fraction of sp³-hybridized carbons (Fsp3) is 0.125. The first kappa shape index (κ1) is 63.7. The van der Waals surface area contributed by atoms with Gasteiger partial charge in [0.1, 0.15) is 28.7 Å². The van der Waals surface area contributed by atoms with Crippen molar-refractivity contribution in [1.29, 1.82) is 0 Å². The van der Waals surface area contributed by atoms with Crippen LogP contribution in [0.5, 0.6) is 28.7 Å². The molecule has 8 aromatic carbocycles. The Morgan fingerprint density at radius 1 is 0.415 bits per heavy atom. The minimum absolute atomic E-state index is 0. The quantitative estimate of drug-likeness (QED) is 0.0377. The van der Waals surface area contributed by atoms with E-state index in [4.69, 9.17) is 14.9 Å². The molecule has 0 aliphatic rings. The van der Waals surface area contributed by atoms with Crippen LogP contribution in [0, 0.1) is 27.7 Å². The molecular formula is C64H67N9O9. The number of phenolic OH excluding ortho intramolecular Hbond substituents is 4. The number of nitrogens with zero attached hydrogens (tertiary/aromatic N) is 5. The van der Waals surface area contributed by atoms with Crippen LogP contribution in [0.25, 0.3) is 0 Å². The van der Waals surface area contributed by atoms with E-state index < -0.39 is 0 Å². The van der Waals surface area contributed by atoms with Crippen LogP contribution in [0.1, 0.15) is 93.4 Å². The van der Waals surface area contributed by atoms with Crippen molar-refractivity contribution in [2.45, 2.75) is 35.1 Å². The molecule has 0 radical (unpaired) electrons. The van der Waals surface area contributed by atoms with Crippen LogP contribution in [0.4, 0.5) is 5.69 Å². The van der Waals surface area contributed by atoms with Gasteiger partial charge in [0.15, 0.2) is 0 Å². The van der Waals surface area contributed by atoms with E-state index in [0.29, 0.717) is 39.1 Å². The van der Waals surface area contributed by atoms with E-state index in [-0.39, 0.29) is 54.1 Å². The van der Waals surface area contributed by atoms with Crippen LogP contribution in [-0.2, 0) is 0 Å². The van der Waals surface area contributed by atoms with Crippen LogP contribution >= 0.6 is 0 Å². The average Bonchev–Trinajstić information content (AvgIpc) is 3.49. The monoisotopic (exact) mass is 1110 g/mol. The predicted octanol–water partition coefficient (Wildman–Crippen LogP) is 10.6. The molecule has 0 aromatic heterocycles. The highest BCUT2D eigenvalue weighted by Gasteiger charge is 2.08. The predicted molar refractivity (Wildman–Crippen MR) is 325 cm³/mol. The van der Waals surface area contributed by atoms with E-state index in [1.807, 2.05) is 119 Å². The van der Waals surface area contributed by atoms with E-state index in [9.17, 15) is 29.4 Å². The zero-order chi connectivity index (χ0) is 58.7. The van der Waals surface area contributed by atoms with Gasteiger partial charge < -0.3 is 30.1 Å². The molecule has 18 heteroatoms. The number of ether oxygens (including phenoxy) is 1. The maximum atomic E-state index is 11.9. The smallest absolute Gasteiger partial charge is 0.271 e. The molecule has 0 aliphatic heterocycles. The minimum Gasteiger partial charge on any atom is -0.508 e. The van der Waals surface area contributed by atoms with Crippen molar-refractivity contribution in [3.8, 4) is 28.7 Å². The first-order valence-electron chi connectivity index (χ1n) is 24.9. The Morgan fingerprint density at radius 3 is 1.07 bits per heavy atom. The number of anilines is 1. The standard InChI is InChI=1S/C17H19N3O.C16H16N2O3.C15H14N2O3.C15H14N2O2.CH4/c1-13-5-4-6-15(11-13)17(21)19-18-12-14-7-9-16(10-8-14)20(2)3;1-11-4-3-5-12(8-11)16(20)18-17-10-13-6-7-14(21-2)9-15(13)19;1-10-3-2-4-11(7-10)15(20)17-16-9-12-5-6-13(18)8-14(12)19;1-11-3-2-4-13(9-11)15(19)17-16-10-12-5-7-14(18)8-6-12;/h4-12H,1-3H3,(H,19,21);3-10,19H,1-2H3,(H,18,20);2-9,18-19H,1H3,(H,17,20);2-10,18H,1H3,(H,17,19);1H4/b18-12+;17-10+;16-9+;16-10+;. The van der Waals surface area contributed by atoms with Gasteiger partial charge in [-0.2, -0.15) is 20.4 Å². The van der Waals surface area contributed by atoms with Gasteiger partial charge in [0.05, 0.1) is 32.0 Å². The van der Waals surface area contributed by atoms with Gasteiger partial charge in [-0.3, -0.25) is 19.2 Å². The fourth-order valence-corrected chi connectivity index (χ4v) is 6.87. The van der Waals surface area contributed by atoms with Gasteiger partial charge in [-0.25, -0.2) is 21.7 Å². The van der Waals surface area contributed by atoms with Crippen molar-refractivity contribution in [3.63, 3.8) is 0 Å². The highest BCUT2D eigenvalue weighted by Crippen LogP contribution is 2.22. The Hall–Kier alpha value is -10.9. The molecule has 4 amide bonds. The molecule has 422 valence electrons. The number of hydrazone groups is 4. The zero-order valence-electron chi connectivity index (χ0n) is 45.7. The molecule has 0 unspecified atom stereocenters. The highest BCUT2D eigenvalue weighted by molar-refractivity contribution is 5.97. The lowest BCUT2D eigenvalue weighted by molar-refractivity contribution is 0.0947. The number of carbonyl (C=O) groups excluding carboxylic acids is 4. The molecule has 0 heterocycles. The van der Waals surface area contributed by atoms with Crippen LogP contribution < -0.4 is 31.3 Å². The molecule has 0 aliphatic carbocycles. The van der Waals surface area contributed by atoms with Crippen molar-refractivity contribution < 1.29 is 44.3 Å². The number of amides is 4. The van der Waals surface area contributed by atoms with Crippen LogP contribution in [0.2, 0.25) is 0 Å². The SMILES string of the molecule is C.COc1ccc(/C=N/NC(=O)c2cccc(C)c2)c(O)c1.Cc1cccc(C(=O)N/N=C/c2ccc(N(C)C)cc2)c1.Cc1cccc(C(=O)N/N=C/c2ccc(O)cc2)c1.Cc1cccc(C(=O)N/N=C/c2ccc(O)cc2O)c1. The van der Waals surface area contributed by atoms with Crippen LogP contribution in [0.15, 0.2) is 202 Å². The molecule has 82 heavy (non-hydrogen) atoms. The highest BCUT2D eigenvalue weighted by atomic mass is 16.5. The Kier molecular flexibility index (Phi) is 25.4. The van der Waals surface area contributed by atoms with Crippen molar-refractivity contribution >= 4 is 54.2 Å². The Balaban J connectivity index is 0.000000234. The third kappa shape index (κ3) is 21.9. The molecule has 0 spiro atoms. The Bertz CT molecular complexity index is 3530. The van der Waals surface area contributed by atoms with Gasteiger partial charge >= 0.3 is 0 Å². The molecule has 0 fully saturated rings. The molecular weight excluding hydrogens is 1040 g/mol. The maximum absolute atomic E-state index is 11.9. The minimum atomic E-state index is -0.330. The molecule has 0 saturated heterocycles. The van der Waals surface area contributed by atoms with Crippen LogP contribution in [0.3, 0.4) is 0 Å². The number of carbonyl (C=O) groups is 4. The molecule has 8 rings (SSSR count). The number of hydrogen-bond acceptors (Lipinski definition) is 14. The van der Waals surface area contributed by atoms with Gasteiger partial charge in [-0.05, 0) is 148 Å². The van der Waals surface area contributed by atoms with Gasteiger partial charge in [0.2, 0.25) is 0 Å². The van der Waals surface area contributed by atoms with Crippen molar-refractivity contribution in [2.75, 3.05) is 26.1 Å². The average molecular weight is 1110 g/mol. The molecule has 0 bridgehead atoms. The van der Waals surface area contributed by atoms with Gasteiger partial charge in [0.25, 0.3) is 23.6 Å². The third-order valence-corrected chi connectivity index (χ3v) is 11.2. The number of phenols is 4. The first-order valence-corrected chi connectivity index (χ1v) is 24.9. The van der Waals surface area contributed by atoms with Gasteiger partial charge in [0, 0.05) is 65.3 Å². The Labute approximate surface area is 477 Å². The van der Waals surface area contributed by atoms with Crippen molar-refractivity contribution in [3.05, 3.63) is 249 Å². The van der Waals surface area contributed by atoms with Crippen molar-refractivity contribution in [2.24, 2.45) is 20.4 Å². The number of aryl methyl sites for hydroxylation is 4.